The van der Waals surface area contributed by atoms with Gasteiger partial charge in [-0.15, -0.1) is 0 Å². The van der Waals surface area contributed by atoms with Gasteiger partial charge in [0.2, 0.25) is 0 Å². The number of pyridine rings is 1. The first-order chi connectivity index (χ1) is 9.35. The molecule has 0 saturated carbocycles. The Balaban J connectivity index is 2.23. The van der Waals surface area contributed by atoms with Crippen molar-refractivity contribution >= 4 is 0 Å². The second-order valence-electron chi connectivity index (χ2n) is 4.78. The van der Waals surface area contributed by atoms with Crippen molar-refractivity contribution in [2.45, 2.75) is 32.7 Å². The van der Waals surface area contributed by atoms with E-state index in [0.29, 0.717) is 6.04 Å². The van der Waals surface area contributed by atoms with Crippen LogP contribution in [0.1, 0.15) is 38.3 Å². The number of hydrogen-bond donors (Lipinski definition) is 1. The number of benzene rings is 1. The van der Waals surface area contributed by atoms with Crippen LogP contribution in [0.5, 0.6) is 0 Å². The van der Waals surface area contributed by atoms with Crippen LogP contribution in [0.15, 0.2) is 48.8 Å². The van der Waals surface area contributed by atoms with E-state index < -0.39 is 0 Å². The summed E-state index contributed by atoms with van der Waals surface area (Å²) in [5, 5.41) is 3.60. The summed E-state index contributed by atoms with van der Waals surface area (Å²) in [5.74, 6) is 0. The summed E-state index contributed by atoms with van der Waals surface area (Å²) in [6.07, 6.45) is 5.96. The van der Waals surface area contributed by atoms with Crippen LogP contribution in [-0.4, -0.2) is 11.5 Å². The Morgan fingerprint density at radius 3 is 2.53 bits per heavy atom. The summed E-state index contributed by atoms with van der Waals surface area (Å²) in [6, 6.07) is 13.3. The molecule has 1 atom stereocenters. The van der Waals surface area contributed by atoms with Crippen molar-refractivity contribution in [3.63, 3.8) is 0 Å². The van der Waals surface area contributed by atoms with Gasteiger partial charge in [0, 0.05) is 18.4 Å². The number of hydrogen-bond acceptors (Lipinski definition) is 2. The van der Waals surface area contributed by atoms with E-state index >= 15 is 0 Å². The van der Waals surface area contributed by atoms with Crippen molar-refractivity contribution in [3.8, 4) is 11.1 Å². The average molecular weight is 254 g/mol. The molecule has 1 unspecified atom stereocenters. The van der Waals surface area contributed by atoms with E-state index in [1.807, 2.05) is 12.4 Å². The van der Waals surface area contributed by atoms with Crippen LogP contribution in [0.2, 0.25) is 0 Å². The summed E-state index contributed by atoms with van der Waals surface area (Å²) in [4.78, 5) is 4.07. The first-order valence-electron chi connectivity index (χ1n) is 7.09. The number of rotatable bonds is 6. The Kier molecular flexibility index (Phi) is 5.10. The second kappa shape index (κ2) is 7.05. The van der Waals surface area contributed by atoms with Crippen LogP contribution < -0.4 is 5.32 Å². The van der Waals surface area contributed by atoms with Gasteiger partial charge >= 0.3 is 0 Å². The molecule has 0 aliphatic heterocycles. The Hall–Kier alpha value is -1.67. The molecule has 2 nitrogen and oxygen atoms in total. The lowest BCUT2D eigenvalue weighted by atomic mass is 9.99. The first kappa shape index (κ1) is 13.8. The Bertz CT molecular complexity index is 494. The third kappa shape index (κ3) is 3.65. The maximum absolute atomic E-state index is 4.07. The lowest BCUT2D eigenvalue weighted by molar-refractivity contribution is 0.518. The van der Waals surface area contributed by atoms with Crippen LogP contribution >= 0.6 is 0 Å². The van der Waals surface area contributed by atoms with E-state index in [2.05, 4.69) is 60.5 Å². The zero-order valence-electron chi connectivity index (χ0n) is 11.8. The molecular weight excluding hydrogens is 232 g/mol. The zero-order valence-corrected chi connectivity index (χ0v) is 11.8. The highest BCUT2D eigenvalue weighted by molar-refractivity contribution is 5.63. The van der Waals surface area contributed by atoms with Gasteiger partial charge in [0.05, 0.1) is 0 Å². The van der Waals surface area contributed by atoms with Gasteiger partial charge in [0.1, 0.15) is 0 Å². The Labute approximate surface area is 115 Å². The van der Waals surface area contributed by atoms with Crippen molar-refractivity contribution in [1.82, 2.24) is 10.3 Å². The van der Waals surface area contributed by atoms with Gasteiger partial charge in [0.25, 0.3) is 0 Å². The number of nitrogens with one attached hydrogen (secondary N) is 1. The fourth-order valence-electron chi connectivity index (χ4n) is 2.30. The minimum absolute atomic E-state index is 0.446. The van der Waals surface area contributed by atoms with Crippen molar-refractivity contribution in [1.29, 1.82) is 0 Å². The van der Waals surface area contributed by atoms with E-state index in [-0.39, 0.29) is 0 Å². The third-order valence-corrected chi connectivity index (χ3v) is 3.35. The summed E-state index contributed by atoms with van der Waals surface area (Å²) >= 11 is 0. The molecule has 2 rings (SSSR count). The van der Waals surface area contributed by atoms with Crippen molar-refractivity contribution in [3.05, 3.63) is 54.4 Å². The van der Waals surface area contributed by atoms with E-state index in [0.717, 1.165) is 13.0 Å². The molecular formula is C17H22N2. The molecule has 1 aromatic heterocycles. The molecule has 1 aromatic carbocycles. The van der Waals surface area contributed by atoms with Crippen LogP contribution in [0, 0.1) is 0 Å². The monoisotopic (exact) mass is 254 g/mol. The van der Waals surface area contributed by atoms with Gasteiger partial charge in [-0.1, -0.05) is 32.0 Å². The molecule has 0 spiro atoms. The minimum Gasteiger partial charge on any atom is -0.310 e. The third-order valence-electron chi connectivity index (χ3n) is 3.35. The Morgan fingerprint density at radius 2 is 1.84 bits per heavy atom. The summed E-state index contributed by atoms with van der Waals surface area (Å²) < 4.78 is 0. The van der Waals surface area contributed by atoms with Gasteiger partial charge in [-0.2, -0.15) is 0 Å². The SMILES string of the molecule is CCCNC(CC)c1cccc(-c2ccncc2)c1. The van der Waals surface area contributed by atoms with Crippen LogP contribution in [0.3, 0.4) is 0 Å². The quantitative estimate of drug-likeness (QED) is 0.835. The normalized spacial score (nSPS) is 12.3. The molecule has 100 valence electrons. The predicted molar refractivity (Wildman–Crippen MR) is 81.0 cm³/mol. The molecule has 2 aromatic rings. The van der Waals surface area contributed by atoms with Crippen molar-refractivity contribution in [2.75, 3.05) is 6.54 Å². The van der Waals surface area contributed by atoms with Gasteiger partial charge in [-0.25, -0.2) is 0 Å². The molecule has 19 heavy (non-hydrogen) atoms. The van der Waals surface area contributed by atoms with Gasteiger partial charge < -0.3 is 5.32 Å². The minimum atomic E-state index is 0.446. The topological polar surface area (TPSA) is 24.9 Å². The largest absolute Gasteiger partial charge is 0.310 e. The fourth-order valence-corrected chi connectivity index (χ4v) is 2.30. The first-order valence-corrected chi connectivity index (χ1v) is 7.09. The lowest BCUT2D eigenvalue weighted by Gasteiger charge is -2.18. The van der Waals surface area contributed by atoms with Gasteiger partial charge in [-0.3, -0.25) is 4.98 Å². The highest BCUT2D eigenvalue weighted by Crippen LogP contribution is 2.24. The molecule has 0 saturated heterocycles. The molecule has 0 aliphatic rings. The van der Waals surface area contributed by atoms with Crippen LogP contribution in [-0.2, 0) is 0 Å². The predicted octanol–water partition coefficient (Wildman–Crippen LogP) is 4.20. The highest BCUT2D eigenvalue weighted by atomic mass is 14.9. The summed E-state index contributed by atoms with van der Waals surface area (Å²) in [7, 11) is 0. The molecule has 2 heteroatoms. The maximum atomic E-state index is 4.07. The highest BCUT2D eigenvalue weighted by Gasteiger charge is 2.08. The second-order valence-corrected chi connectivity index (χ2v) is 4.78. The molecule has 1 N–H and O–H groups in total. The number of nitrogens with zero attached hydrogens (tertiary/aromatic N) is 1. The molecule has 0 radical (unpaired) electrons. The maximum Gasteiger partial charge on any atom is 0.0317 e. The van der Waals surface area contributed by atoms with Crippen molar-refractivity contribution in [2.24, 2.45) is 0 Å². The molecule has 0 fully saturated rings. The molecule has 0 bridgehead atoms. The lowest BCUT2D eigenvalue weighted by Crippen LogP contribution is -2.21. The molecule has 1 heterocycles. The standard InChI is InChI=1S/C17H22N2/c1-3-10-19-17(4-2)16-7-5-6-15(13-16)14-8-11-18-12-9-14/h5-9,11-13,17,19H,3-4,10H2,1-2H3. The van der Waals surface area contributed by atoms with E-state index in [9.17, 15) is 0 Å². The van der Waals surface area contributed by atoms with E-state index in [1.54, 1.807) is 0 Å². The van der Waals surface area contributed by atoms with Gasteiger partial charge in [0.15, 0.2) is 0 Å². The summed E-state index contributed by atoms with van der Waals surface area (Å²) in [6.45, 7) is 5.50. The average Bonchev–Trinajstić information content (AvgIpc) is 2.49. The number of aromatic nitrogens is 1. The molecule has 0 amide bonds. The van der Waals surface area contributed by atoms with Crippen LogP contribution in [0.25, 0.3) is 11.1 Å². The smallest absolute Gasteiger partial charge is 0.0317 e. The summed E-state index contributed by atoms with van der Waals surface area (Å²) in [5.41, 5.74) is 3.85. The van der Waals surface area contributed by atoms with E-state index in [1.165, 1.54) is 23.1 Å². The van der Waals surface area contributed by atoms with E-state index in [4.69, 9.17) is 0 Å². The van der Waals surface area contributed by atoms with Gasteiger partial charge in [-0.05, 0) is 54.3 Å². The Morgan fingerprint density at radius 1 is 1.05 bits per heavy atom. The van der Waals surface area contributed by atoms with Crippen LogP contribution in [0.4, 0.5) is 0 Å². The van der Waals surface area contributed by atoms with Crippen molar-refractivity contribution < 1.29 is 0 Å². The fraction of sp³-hybridized carbons (Fsp3) is 0.353. The molecule has 0 aliphatic carbocycles. The zero-order chi connectivity index (χ0) is 13.5.